The van der Waals surface area contributed by atoms with Gasteiger partial charge in [0.15, 0.2) is 0 Å². The molecule has 10 nitrogen and oxygen atoms in total. The van der Waals surface area contributed by atoms with Gasteiger partial charge in [-0.3, -0.25) is 14.5 Å². The van der Waals surface area contributed by atoms with E-state index in [-0.39, 0.29) is 29.5 Å². The van der Waals surface area contributed by atoms with Crippen molar-refractivity contribution in [1.82, 2.24) is 14.5 Å². The number of amides is 4. The number of carbonyl (C=O) groups is 3. The van der Waals surface area contributed by atoms with Crippen molar-refractivity contribution < 1.29 is 27.5 Å². The van der Waals surface area contributed by atoms with Crippen molar-refractivity contribution in [3.63, 3.8) is 0 Å². The van der Waals surface area contributed by atoms with E-state index in [1.54, 1.807) is 0 Å². The Bertz CT molecular complexity index is 1060. The molecule has 1 spiro atoms. The maximum Gasteiger partial charge on any atom is 0.325 e. The molecule has 2 aliphatic heterocycles. The fourth-order valence-corrected chi connectivity index (χ4v) is 6.54. The average molecular weight is 493 g/mol. The predicted octanol–water partition coefficient (Wildman–Crippen LogP) is 2.45. The molecule has 0 radical (unpaired) electrons. The molecule has 2 saturated heterocycles. The molecule has 3 fully saturated rings. The molecule has 1 aromatic rings. The third-order valence-electron chi connectivity index (χ3n) is 6.91. The number of rotatable bonds is 7. The Morgan fingerprint density at radius 2 is 1.76 bits per heavy atom. The lowest BCUT2D eigenvalue weighted by molar-refractivity contribution is -0.131. The van der Waals surface area contributed by atoms with Gasteiger partial charge in [-0.2, -0.15) is 4.31 Å². The van der Waals surface area contributed by atoms with Gasteiger partial charge in [0.25, 0.3) is 5.91 Å². The maximum atomic E-state index is 13.2. The first-order valence-electron chi connectivity index (χ1n) is 11.9. The first kappa shape index (κ1) is 24.5. The second kappa shape index (κ2) is 9.91. The highest BCUT2D eigenvalue weighted by molar-refractivity contribution is 7.89. The molecule has 1 saturated carbocycles. The summed E-state index contributed by atoms with van der Waals surface area (Å²) in [5.41, 5.74) is -0.583. The topological polar surface area (TPSA) is 125 Å². The number of nitrogens with one attached hydrogen (secondary N) is 2. The van der Waals surface area contributed by atoms with Crippen LogP contribution in [0.25, 0.3) is 0 Å². The first-order chi connectivity index (χ1) is 16.3. The Hall–Kier alpha value is -2.66. The molecule has 0 unspecified atom stereocenters. The summed E-state index contributed by atoms with van der Waals surface area (Å²) in [6, 6.07) is 3.92. The molecule has 186 valence electrons. The number of methoxy groups -OCH3 is 1. The van der Waals surface area contributed by atoms with Crippen LogP contribution < -0.4 is 15.4 Å². The second-order valence-corrected chi connectivity index (χ2v) is 11.1. The molecule has 1 aromatic carbocycles. The molecular weight excluding hydrogens is 460 g/mol. The molecule has 0 atom stereocenters. The number of hydrogen-bond acceptors (Lipinski definition) is 6. The van der Waals surface area contributed by atoms with E-state index in [9.17, 15) is 22.8 Å². The van der Waals surface area contributed by atoms with E-state index in [2.05, 4.69) is 10.6 Å². The molecule has 2 heterocycles. The number of nitrogens with zero attached hydrogens (tertiary/aromatic N) is 2. The van der Waals surface area contributed by atoms with Crippen LogP contribution in [0.3, 0.4) is 0 Å². The van der Waals surface area contributed by atoms with Gasteiger partial charge < -0.3 is 15.4 Å². The lowest BCUT2D eigenvalue weighted by Crippen LogP contribution is -2.44. The molecular formula is C23H32N4O6S. The van der Waals surface area contributed by atoms with Crippen molar-refractivity contribution in [1.29, 1.82) is 0 Å². The zero-order valence-corrected chi connectivity index (χ0v) is 20.3. The molecule has 2 N–H and O–H groups in total. The summed E-state index contributed by atoms with van der Waals surface area (Å²) in [6.45, 7) is 0.902. The van der Waals surface area contributed by atoms with Crippen LogP contribution >= 0.6 is 0 Å². The smallest absolute Gasteiger partial charge is 0.325 e. The predicted molar refractivity (Wildman–Crippen MR) is 125 cm³/mol. The molecule has 4 rings (SSSR count). The highest BCUT2D eigenvalue weighted by atomic mass is 32.2. The fraction of sp³-hybridized carbons (Fsp3) is 0.609. The van der Waals surface area contributed by atoms with Crippen LogP contribution in [0.5, 0.6) is 5.75 Å². The van der Waals surface area contributed by atoms with E-state index < -0.39 is 27.5 Å². The highest BCUT2D eigenvalue weighted by Gasteiger charge is 2.52. The van der Waals surface area contributed by atoms with Gasteiger partial charge in [0.05, 0.1) is 17.7 Å². The number of sulfonamides is 1. The minimum absolute atomic E-state index is 0.0493. The van der Waals surface area contributed by atoms with Gasteiger partial charge in [-0.05, 0) is 43.9 Å². The largest absolute Gasteiger partial charge is 0.495 e. The van der Waals surface area contributed by atoms with Crippen LogP contribution in [0.2, 0.25) is 0 Å². The SMILES string of the molecule is COc1ccc(S(=O)(=O)N2CCCCCC2)cc1NC(=O)CCN1C(=O)NC2(CCCC2)C1=O. The van der Waals surface area contributed by atoms with E-state index in [4.69, 9.17) is 4.74 Å². The zero-order chi connectivity index (χ0) is 24.3. The van der Waals surface area contributed by atoms with Gasteiger partial charge in [0.2, 0.25) is 15.9 Å². The van der Waals surface area contributed by atoms with E-state index in [0.717, 1.165) is 43.4 Å². The highest BCUT2D eigenvalue weighted by Crippen LogP contribution is 2.35. The Kier molecular flexibility index (Phi) is 7.13. The van der Waals surface area contributed by atoms with Crippen LogP contribution in [-0.4, -0.2) is 67.8 Å². The van der Waals surface area contributed by atoms with E-state index in [1.807, 2.05) is 0 Å². The third-order valence-corrected chi connectivity index (χ3v) is 8.81. The Morgan fingerprint density at radius 1 is 1.09 bits per heavy atom. The quantitative estimate of drug-likeness (QED) is 0.563. The average Bonchev–Trinajstić information content (AvgIpc) is 3.23. The number of ether oxygens (including phenoxy) is 1. The van der Waals surface area contributed by atoms with Gasteiger partial charge in [-0.15, -0.1) is 0 Å². The minimum Gasteiger partial charge on any atom is -0.495 e. The van der Waals surface area contributed by atoms with Crippen molar-refractivity contribution in [2.75, 3.05) is 32.1 Å². The number of carbonyl (C=O) groups excluding carboxylic acids is 3. The molecule has 3 aliphatic rings. The van der Waals surface area contributed by atoms with Crippen LogP contribution in [0.4, 0.5) is 10.5 Å². The monoisotopic (exact) mass is 492 g/mol. The minimum atomic E-state index is -3.70. The van der Waals surface area contributed by atoms with Crippen LogP contribution in [0.1, 0.15) is 57.8 Å². The van der Waals surface area contributed by atoms with Crippen LogP contribution in [0.15, 0.2) is 23.1 Å². The number of urea groups is 1. The van der Waals surface area contributed by atoms with Crippen molar-refractivity contribution >= 4 is 33.6 Å². The number of hydrogen-bond donors (Lipinski definition) is 2. The van der Waals surface area contributed by atoms with Crippen molar-refractivity contribution in [3.05, 3.63) is 18.2 Å². The van der Waals surface area contributed by atoms with Crippen LogP contribution in [0, 0.1) is 0 Å². The van der Waals surface area contributed by atoms with Gasteiger partial charge in [0.1, 0.15) is 11.3 Å². The number of benzene rings is 1. The molecule has 4 amide bonds. The third kappa shape index (κ3) is 4.76. The van der Waals surface area contributed by atoms with Crippen molar-refractivity contribution in [2.24, 2.45) is 0 Å². The second-order valence-electron chi connectivity index (χ2n) is 9.15. The van der Waals surface area contributed by atoms with Crippen molar-refractivity contribution in [2.45, 2.75) is 68.2 Å². The standard InChI is InChI=1S/C23H32N4O6S/c1-33-19-9-8-17(34(31,32)26-13-6-2-3-7-14-26)16-18(19)24-20(28)10-15-27-21(29)23(25-22(27)30)11-4-5-12-23/h8-9,16H,2-7,10-15H2,1H3,(H,24,28)(H,25,30). The van der Waals surface area contributed by atoms with E-state index >= 15 is 0 Å². The fourth-order valence-electron chi connectivity index (χ4n) is 5.00. The van der Waals surface area contributed by atoms with E-state index in [0.29, 0.717) is 31.7 Å². The Balaban J connectivity index is 1.44. The van der Waals surface area contributed by atoms with Gasteiger partial charge >= 0.3 is 6.03 Å². The summed E-state index contributed by atoms with van der Waals surface area (Å²) in [5, 5.41) is 5.48. The molecule has 1 aliphatic carbocycles. The molecule has 0 aromatic heterocycles. The summed E-state index contributed by atoms with van der Waals surface area (Å²) in [6.07, 6.45) is 6.57. The normalized spacial score (nSPS) is 20.9. The summed E-state index contributed by atoms with van der Waals surface area (Å²) in [5.74, 6) is -0.399. The summed E-state index contributed by atoms with van der Waals surface area (Å²) in [4.78, 5) is 38.9. The Labute approximate surface area is 200 Å². The van der Waals surface area contributed by atoms with Gasteiger partial charge in [0, 0.05) is 26.1 Å². The summed E-state index contributed by atoms with van der Waals surface area (Å²) < 4.78 is 33.1. The van der Waals surface area contributed by atoms with Crippen LogP contribution in [-0.2, 0) is 19.6 Å². The first-order valence-corrected chi connectivity index (χ1v) is 13.3. The van der Waals surface area contributed by atoms with Gasteiger partial charge in [-0.25, -0.2) is 13.2 Å². The number of anilines is 1. The molecule has 0 bridgehead atoms. The van der Waals surface area contributed by atoms with E-state index in [1.165, 1.54) is 29.6 Å². The van der Waals surface area contributed by atoms with Gasteiger partial charge in [-0.1, -0.05) is 25.7 Å². The summed E-state index contributed by atoms with van der Waals surface area (Å²) >= 11 is 0. The summed E-state index contributed by atoms with van der Waals surface area (Å²) in [7, 11) is -2.27. The lowest BCUT2D eigenvalue weighted by atomic mass is 9.98. The molecule has 11 heteroatoms. The number of imide groups is 1. The van der Waals surface area contributed by atoms with Crippen molar-refractivity contribution in [3.8, 4) is 5.75 Å². The Morgan fingerprint density at radius 3 is 2.41 bits per heavy atom. The maximum absolute atomic E-state index is 13.2. The zero-order valence-electron chi connectivity index (χ0n) is 19.5. The molecule has 34 heavy (non-hydrogen) atoms. The lowest BCUT2D eigenvalue weighted by Gasteiger charge is -2.21.